The second-order valence-corrected chi connectivity index (χ2v) is 4.78. The number of aliphatic carboxylic acids is 1. The first kappa shape index (κ1) is 14.7. The maximum atomic E-state index is 11.9. The molecule has 3 atom stereocenters. The number of carboxylic acid groups (broad SMARTS) is 1. The summed E-state index contributed by atoms with van der Waals surface area (Å²) in [5.74, 6) is -1.24. The Morgan fingerprint density at radius 3 is 2.44 bits per heavy atom. The van der Waals surface area contributed by atoms with Gasteiger partial charge < -0.3 is 25.3 Å². The summed E-state index contributed by atoms with van der Waals surface area (Å²) < 4.78 is 0. The molecule has 1 heterocycles. The maximum Gasteiger partial charge on any atom is 0.328 e. The fourth-order valence-electron chi connectivity index (χ4n) is 1.85. The Hall–Kier alpha value is -1.34. The number of nitrogens with one attached hydrogen (secondary N) is 1. The molecule has 0 spiro atoms. The van der Waals surface area contributed by atoms with Gasteiger partial charge in [-0.1, -0.05) is 0 Å². The molecule has 18 heavy (non-hydrogen) atoms. The van der Waals surface area contributed by atoms with E-state index in [1.807, 2.05) is 14.0 Å². The highest BCUT2D eigenvalue weighted by atomic mass is 16.4. The SMILES string of the molecule is CC(O)C(NC(=O)N1CCN(C)C(C)C1)C(=O)O. The van der Waals surface area contributed by atoms with E-state index in [1.54, 1.807) is 4.90 Å². The third kappa shape index (κ3) is 3.58. The van der Waals surface area contributed by atoms with Gasteiger partial charge in [0.2, 0.25) is 0 Å². The van der Waals surface area contributed by atoms with E-state index in [9.17, 15) is 14.7 Å². The van der Waals surface area contributed by atoms with Gasteiger partial charge in [0.1, 0.15) is 0 Å². The zero-order chi connectivity index (χ0) is 13.9. The number of carboxylic acids is 1. The van der Waals surface area contributed by atoms with Crippen molar-refractivity contribution in [3.63, 3.8) is 0 Å². The van der Waals surface area contributed by atoms with Gasteiger partial charge in [0.05, 0.1) is 6.10 Å². The lowest BCUT2D eigenvalue weighted by Crippen LogP contribution is -2.58. The molecule has 0 aliphatic carbocycles. The van der Waals surface area contributed by atoms with E-state index in [4.69, 9.17) is 5.11 Å². The number of piperazine rings is 1. The summed E-state index contributed by atoms with van der Waals surface area (Å²) in [6.07, 6.45) is -1.13. The minimum atomic E-state index is -1.27. The smallest absolute Gasteiger partial charge is 0.328 e. The highest BCUT2D eigenvalue weighted by Gasteiger charge is 2.29. The van der Waals surface area contributed by atoms with E-state index >= 15 is 0 Å². The molecular formula is C11H21N3O4. The number of urea groups is 1. The molecule has 0 aromatic rings. The minimum Gasteiger partial charge on any atom is -0.480 e. The first-order valence-corrected chi connectivity index (χ1v) is 5.99. The molecular weight excluding hydrogens is 238 g/mol. The number of carbonyl (C=O) groups excluding carboxylic acids is 1. The predicted octanol–water partition coefficient (Wildman–Crippen LogP) is -0.834. The second kappa shape index (κ2) is 6.01. The number of hydrogen-bond donors (Lipinski definition) is 3. The van der Waals surface area contributed by atoms with Crippen molar-refractivity contribution in [1.29, 1.82) is 0 Å². The first-order valence-electron chi connectivity index (χ1n) is 5.99. The number of hydrogen-bond acceptors (Lipinski definition) is 4. The van der Waals surface area contributed by atoms with Crippen LogP contribution >= 0.6 is 0 Å². The molecule has 3 unspecified atom stereocenters. The van der Waals surface area contributed by atoms with E-state index in [0.29, 0.717) is 13.1 Å². The average Bonchev–Trinajstić information content (AvgIpc) is 2.28. The van der Waals surface area contributed by atoms with Crippen molar-refractivity contribution in [2.75, 3.05) is 26.7 Å². The van der Waals surface area contributed by atoms with E-state index in [2.05, 4.69) is 10.2 Å². The molecule has 7 heteroatoms. The number of amides is 2. The van der Waals surface area contributed by atoms with Crippen LogP contribution < -0.4 is 5.32 Å². The van der Waals surface area contributed by atoms with Crippen molar-refractivity contribution < 1.29 is 19.8 Å². The Kier molecular flexibility index (Phi) is 4.92. The highest BCUT2D eigenvalue weighted by Crippen LogP contribution is 2.07. The number of aliphatic hydroxyl groups is 1. The Balaban J connectivity index is 2.57. The molecule has 3 N–H and O–H groups in total. The van der Waals surface area contributed by atoms with Gasteiger partial charge in [0, 0.05) is 25.7 Å². The van der Waals surface area contributed by atoms with Gasteiger partial charge in [0.25, 0.3) is 0 Å². The maximum absolute atomic E-state index is 11.9. The molecule has 0 aromatic carbocycles. The van der Waals surface area contributed by atoms with Gasteiger partial charge in [-0.3, -0.25) is 0 Å². The first-order chi connectivity index (χ1) is 8.32. The topological polar surface area (TPSA) is 93.1 Å². The van der Waals surface area contributed by atoms with E-state index in [1.165, 1.54) is 6.92 Å². The van der Waals surface area contributed by atoms with Crippen molar-refractivity contribution in [2.24, 2.45) is 0 Å². The third-order valence-corrected chi connectivity index (χ3v) is 3.27. The van der Waals surface area contributed by atoms with Crippen LogP contribution in [0.4, 0.5) is 4.79 Å². The lowest BCUT2D eigenvalue weighted by Gasteiger charge is -2.38. The van der Waals surface area contributed by atoms with Crippen molar-refractivity contribution in [2.45, 2.75) is 32.0 Å². The fraction of sp³-hybridized carbons (Fsp3) is 0.818. The molecule has 2 amide bonds. The van der Waals surface area contributed by atoms with Crippen molar-refractivity contribution in [3.8, 4) is 0 Å². The quantitative estimate of drug-likeness (QED) is 0.615. The average molecular weight is 259 g/mol. The number of likely N-dealkylation sites (N-methyl/N-ethyl adjacent to an activating group) is 1. The van der Waals surface area contributed by atoms with Gasteiger partial charge in [-0.05, 0) is 20.9 Å². The number of aliphatic hydroxyl groups excluding tert-OH is 1. The molecule has 1 aliphatic rings. The lowest BCUT2D eigenvalue weighted by molar-refractivity contribution is -0.141. The van der Waals surface area contributed by atoms with Crippen molar-refractivity contribution >= 4 is 12.0 Å². The van der Waals surface area contributed by atoms with Crippen LogP contribution in [0.3, 0.4) is 0 Å². The summed E-state index contributed by atoms with van der Waals surface area (Å²) in [5.41, 5.74) is 0. The molecule has 104 valence electrons. The normalized spacial score (nSPS) is 24.4. The Morgan fingerprint density at radius 1 is 1.39 bits per heavy atom. The highest BCUT2D eigenvalue weighted by molar-refractivity contribution is 5.83. The van der Waals surface area contributed by atoms with Gasteiger partial charge >= 0.3 is 12.0 Å². The van der Waals surface area contributed by atoms with Crippen LogP contribution in [0.15, 0.2) is 0 Å². The van der Waals surface area contributed by atoms with Gasteiger partial charge in [-0.25, -0.2) is 9.59 Å². The summed E-state index contributed by atoms with van der Waals surface area (Å²) in [5, 5.41) is 20.5. The largest absolute Gasteiger partial charge is 0.480 e. The summed E-state index contributed by atoms with van der Waals surface area (Å²) in [6.45, 7) is 5.20. The monoisotopic (exact) mass is 259 g/mol. The van der Waals surface area contributed by atoms with Gasteiger partial charge in [-0.2, -0.15) is 0 Å². The lowest BCUT2D eigenvalue weighted by atomic mass is 10.2. The number of nitrogens with zero attached hydrogens (tertiary/aromatic N) is 2. The molecule has 7 nitrogen and oxygen atoms in total. The minimum absolute atomic E-state index is 0.235. The number of rotatable bonds is 3. The van der Waals surface area contributed by atoms with E-state index in [0.717, 1.165) is 6.54 Å². The zero-order valence-corrected chi connectivity index (χ0v) is 11.0. The summed E-state index contributed by atoms with van der Waals surface area (Å²) in [7, 11) is 1.98. The Labute approximate surface area is 106 Å². The number of carbonyl (C=O) groups is 2. The van der Waals surface area contributed by atoms with Crippen LogP contribution in [-0.4, -0.2) is 76.9 Å². The molecule has 0 radical (unpaired) electrons. The van der Waals surface area contributed by atoms with Crippen LogP contribution in [-0.2, 0) is 4.79 Å². The van der Waals surface area contributed by atoms with Crippen LogP contribution in [0.25, 0.3) is 0 Å². The van der Waals surface area contributed by atoms with Crippen LogP contribution in [0.1, 0.15) is 13.8 Å². The third-order valence-electron chi connectivity index (χ3n) is 3.27. The molecule has 0 aromatic heterocycles. The van der Waals surface area contributed by atoms with Crippen LogP contribution in [0.5, 0.6) is 0 Å². The Bertz CT molecular complexity index is 321. The predicted molar refractivity (Wildman–Crippen MR) is 65.3 cm³/mol. The standard InChI is InChI=1S/C11H21N3O4/c1-7-6-14(5-4-13(7)3)11(18)12-9(8(2)15)10(16)17/h7-9,15H,4-6H2,1-3H3,(H,12,18)(H,16,17). The van der Waals surface area contributed by atoms with Crippen molar-refractivity contribution in [1.82, 2.24) is 15.1 Å². The zero-order valence-electron chi connectivity index (χ0n) is 11.0. The molecule has 1 saturated heterocycles. The molecule has 0 bridgehead atoms. The van der Waals surface area contributed by atoms with Gasteiger partial charge in [-0.15, -0.1) is 0 Å². The van der Waals surface area contributed by atoms with Crippen LogP contribution in [0.2, 0.25) is 0 Å². The summed E-state index contributed by atoms with van der Waals surface area (Å²) >= 11 is 0. The molecule has 1 fully saturated rings. The summed E-state index contributed by atoms with van der Waals surface area (Å²) in [4.78, 5) is 26.5. The van der Waals surface area contributed by atoms with Crippen LogP contribution in [0, 0.1) is 0 Å². The fourth-order valence-corrected chi connectivity index (χ4v) is 1.85. The molecule has 1 aliphatic heterocycles. The van der Waals surface area contributed by atoms with E-state index in [-0.39, 0.29) is 6.04 Å². The van der Waals surface area contributed by atoms with Crippen molar-refractivity contribution in [3.05, 3.63) is 0 Å². The Morgan fingerprint density at radius 2 is 2.00 bits per heavy atom. The molecule has 1 rings (SSSR count). The van der Waals surface area contributed by atoms with E-state index < -0.39 is 24.1 Å². The second-order valence-electron chi connectivity index (χ2n) is 4.78. The summed E-state index contributed by atoms with van der Waals surface area (Å²) in [6, 6.07) is -1.48. The molecule has 0 saturated carbocycles. The van der Waals surface area contributed by atoms with Gasteiger partial charge in [0.15, 0.2) is 6.04 Å².